The van der Waals surface area contributed by atoms with E-state index < -0.39 is 11.8 Å². The smallest absolute Gasteiger partial charge is 0.313 e. The van der Waals surface area contributed by atoms with Gasteiger partial charge in [0.25, 0.3) is 0 Å². The van der Waals surface area contributed by atoms with Crippen molar-refractivity contribution in [3.8, 4) is 0 Å². The Labute approximate surface area is 148 Å². The van der Waals surface area contributed by atoms with Crippen LogP contribution in [-0.2, 0) is 14.3 Å². The van der Waals surface area contributed by atoms with E-state index in [1.165, 1.54) is 0 Å². The van der Waals surface area contributed by atoms with Crippen molar-refractivity contribution in [3.05, 3.63) is 24.3 Å². The number of nitrogens with one attached hydrogen (secondary N) is 2. The van der Waals surface area contributed by atoms with E-state index in [0.717, 1.165) is 51.3 Å². The molecule has 0 aliphatic carbocycles. The van der Waals surface area contributed by atoms with Crippen molar-refractivity contribution in [3.63, 3.8) is 0 Å². The Bertz CT molecular complexity index is 591. The van der Waals surface area contributed by atoms with Gasteiger partial charge in [-0.2, -0.15) is 0 Å². The zero-order valence-electron chi connectivity index (χ0n) is 14.7. The number of benzene rings is 1. The standard InChI is InChI=1S/C18H26N4O3/c1-21-8-10-22(11-9-21)15-6-4-14(5-7-15)20-18(24)17(23)19-13-16-3-2-12-25-16/h4-7,16H,2-3,8-13H2,1H3,(H,19,23)(H,20,24). The lowest BCUT2D eigenvalue weighted by Gasteiger charge is -2.34. The lowest BCUT2D eigenvalue weighted by atomic mass is 10.2. The van der Waals surface area contributed by atoms with Crippen molar-refractivity contribution in [2.45, 2.75) is 18.9 Å². The molecule has 2 saturated heterocycles. The molecule has 1 aromatic rings. The third-order valence-corrected chi connectivity index (χ3v) is 4.71. The predicted molar refractivity (Wildman–Crippen MR) is 96.8 cm³/mol. The van der Waals surface area contributed by atoms with Crippen LogP contribution in [0.4, 0.5) is 11.4 Å². The van der Waals surface area contributed by atoms with Gasteiger partial charge < -0.3 is 25.2 Å². The van der Waals surface area contributed by atoms with Gasteiger partial charge in [-0.3, -0.25) is 9.59 Å². The third-order valence-electron chi connectivity index (χ3n) is 4.71. The lowest BCUT2D eigenvalue weighted by Crippen LogP contribution is -2.44. The molecule has 0 bridgehead atoms. The van der Waals surface area contributed by atoms with Crippen LogP contribution in [-0.4, -0.2) is 69.2 Å². The first kappa shape index (κ1) is 17.7. The Hall–Kier alpha value is -2.12. The first-order chi connectivity index (χ1) is 12.1. The van der Waals surface area contributed by atoms with E-state index >= 15 is 0 Å². The summed E-state index contributed by atoms with van der Waals surface area (Å²) in [5, 5.41) is 5.26. The molecule has 7 heteroatoms. The van der Waals surface area contributed by atoms with Crippen LogP contribution < -0.4 is 15.5 Å². The van der Waals surface area contributed by atoms with Gasteiger partial charge in [-0.1, -0.05) is 0 Å². The van der Waals surface area contributed by atoms with Gasteiger partial charge in [0.1, 0.15) is 0 Å². The Morgan fingerprint density at radius 2 is 1.84 bits per heavy atom. The summed E-state index contributed by atoms with van der Waals surface area (Å²) in [5.74, 6) is -1.27. The van der Waals surface area contributed by atoms with Gasteiger partial charge in [-0.15, -0.1) is 0 Å². The second-order valence-electron chi connectivity index (χ2n) is 6.64. The SMILES string of the molecule is CN1CCN(c2ccc(NC(=O)C(=O)NCC3CCCO3)cc2)CC1. The number of amides is 2. The van der Waals surface area contributed by atoms with Crippen LogP contribution >= 0.6 is 0 Å². The summed E-state index contributed by atoms with van der Waals surface area (Å²) in [7, 11) is 2.12. The largest absolute Gasteiger partial charge is 0.376 e. The second-order valence-corrected chi connectivity index (χ2v) is 6.64. The van der Waals surface area contributed by atoms with Crippen molar-refractivity contribution in [2.24, 2.45) is 0 Å². The average molecular weight is 346 g/mol. The van der Waals surface area contributed by atoms with Crippen LogP contribution in [0.5, 0.6) is 0 Å². The summed E-state index contributed by atoms with van der Waals surface area (Å²) in [5.41, 5.74) is 1.75. The fourth-order valence-corrected chi connectivity index (χ4v) is 3.10. The number of piperazine rings is 1. The number of hydrogen-bond acceptors (Lipinski definition) is 5. The first-order valence-electron chi connectivity index (χ1n) is 8.86. The molecular weight excluding hydrogens is 320 g/mol. The number of rotatable bonds is 4. The number of carbonyl (C=O) groups excluding carboxylic acids is 2. The van der Waals surface area contributed by atoms with E-state index in [1.807, 2.05) is 24.3 Å². The summed E-state index contributed by atoms with van der Waals surface area (Å²) in [6.45, 7) is 5.19. The van der Waals surface area contributed by atoms with Crippen LogP contribution in [0.1, 0.15) is 12.8 Å². The highest BCUT2D eigenvalue weighted by Gasteiger charge is 2.19. The molecule has 2 fully saturated rings. The second kappa shape index (κ2) is 8.31. The van der Waals surface area contributed by atoms with E-state index in [9.17, 15) is 9.59 Å². The maximum absolute atomic E-state index is 12.0. The molecule has 2 amide bonds. The molecule has 2 aliphatic heterocycles. The van der Waals surface area contributed by atoms with E-state index in [0.29, 0.717) is 12.2 Å². The normalized spacial score (nSPS) is 21.2. The summed E-state index contributed by atoms with van der Waals surface area (Å²) < 4.78 is 5.42. The van der Waals surface area contributed by atoms with Gasteiger partial charge in [-0.25, -0.2) is 0 Å². The molecule has 0 saturated carbocycles. The molecule has 7 nitrogen and oxygen atoms in total. The van der Waals surface area contributed by atoms with Crippen molar-refractivity contribution in [2.75, 3.05) is 56.6 Å². The average Bonchev–Trinajstić information content (AvgIpc) is 3.14. The summed E-state index contributed by atoms with van der Waals surface area (Å²) in [6.07, 6.45) is 1.96. The molecule has 3 rings (SSSR count). The molecule has 25 heavy (non-hydrogen) atoms. The number of likely N-dealkylation sites (N-methyl/N-ethyl adjacent to an activating group) is 1. The molecule has 1 atom stereocenters. The predicted octanol–water partition coefficient (Wildman–Crippen LogP) is 0.672. The fourth-order valence-electron chi connectivity index (χ4n) is 3.10. The Morgan fingerprint density at radius 1 is 1.12 bits per heavy atom. The molecular formula is C18H26N4O3. The Kier molecular flexibility index (Phi) is 5.88. The number of nitrogens with zero attached hydrogens (tertiary/aromatic N) is 2. The lowest BCUT2D eigenvalue weighted by molar-refractivity contribution is -0.136. The number of carbonyl (C=O) groups is 2. The minimum Gasteiger partial charge on any atom is -0.376 e. The van der Waals surface area contributed by atoms with Crippen LogP contribution in [0, 0.1) is 0 Å². The fraction of sp³-hybridized carbons (Fsp3) is 0.556. The Balaban J connectivity index is 1.47. The number of hydrogen-bond donors (Lipinski definition) is 2. The van der Waals surface area contributed by atoms with Crippen molar-refractivity contribution < 1.29 is 14.3 Å². The summed E-state index contributed by atoms with van der Waals surface area (Å²) in [6, 6.07) is 7.62. The molecule has 2 heterocycles. The van der Waals surface area contributed by atoms with Crippen molar-refractivity contribution in [1.82, 2.24) is 10.2 Å². The molecule has 0 radical (unpaired) electrons. The van der Waals surface area contributed by atoms with Gasteiger partial charge in [0.15, 0.2) is 0 Å². The van der Waals surface area contributed by atoms with E-state index in [-0.39, 0.29) is 6.10 Å². The minimum atomic E-state index is -0.648. The topological polar surface area (TPSA) is 73.9 Å². The number of anilines is 2. The quantitative estimate of drug-likeness (QED) is 0.784. The van der Waals surface area contributed by atoms with Gasteiger partial charge in [0.2, 0.25) is 0 Å². The zero-order valence-corrected chi connectivity index (χ0v) is 14.7. The molecule has 136 valence electrons. The van der Waals surface area contributed by atoms with Crippen LogP contribution in [0.25, 0.3) is 0 Å². The van der Waals surface area contributed by atoms with Crippen LogP contribution in [0.3, 0.4) is 0 Å². The molecule has 1 aromatic carbocycles. The Morgan fingerprint density at radius 3 is 2.48 bits per heavy atom. The zero-order chi connectivity index (χ0) is 17.6. The first-order valence-corrected chi connectivity index (χ1v) is 8.86. The highest BCUT2D eigenvalue weighted by molar-refractivity contribution is 6.39. The van der Waals surface area contributed by atoms with Crippen LogP contribution in [0.2, 0.25) is 0 Å². The van der Waals surface area contributed by atoms with E-state index in [2.05, 4.69) is 27.5 Å². The maximum atomic E-state index is 12.0. The van der Waals surface area contributed by atoms with Crippen molar-refractivity contribution in [1.29, 1.82) is 0 Å². The number of ether oxygens (including phenoxy) is 1. The maximum Gasteiger partial charge on any atom is 0.313 e. The monoisotopic (exact) mass is 346 g/mol. The molecule has 0 aromatic heterocycles. The van der Waals surface area contributed by atoms with E-state index in [4.69, 9.17) is 4.74 Å². The summed E-state index contributed by atoms with van der Waals surface area (Å²) >= 11 is 0. The summed E-state index contributed by atoms with van der Waals surface area (Å²) in [4.78, 5) is 28.4. The highest BCUT2D eigenvalue weighted by Crippen LogP contribution is 2.19. The van der Waals surface area contributed by atoms with E-state index in [1.54, 1.807) is 0 Å². The third kappa shape index (κ3) is 4.93. The molecule has 0 spiro atoms. The van der Waals surface area contributed by atoms with Crippen molar-refractivity contribution >= 4 is 23.2 Å². The van der Waals surface area contributed by atoms with Gasteiger partial charge in [0, 0.05) is 50.7 Å². The van der Waals surface area contributed by atoms with Gasteiger partial charge >= 0.3 is 11.8 Å². The molecule has 2 N–H and O–H groups in total. The minimum absolute atomic E-state index is 0.0274. The molecule has 2 aliphatic rings. The van der Waals surface area contributed by atoms with Gasteiger partial charge in [-0.05, 0) is 44.2 Å². The molecule has 1 unspecified atom stereocenters. The van der Waals surface area contributed by atoms with Crippen LogP contribution in [0.15, 0.2) is 24.3 Å². The van der Waals surface area contributed by atoms with Gasteiger partial charge in [0.05, 0.1) is 6.10 Å². The highest BCUT2D eigenvalue weighted by atomic mass is 16.5.